The second kappa shape index (κ2) is 8.43. The zero-order valence-corrected chi connectivity index (χ0v) is 14.0. The number of para-hydroxylation sites is 1. The molecule has 1 fully saturated rings. The number of ether oxygens (including phenoxy) is 1. The molecule has 21 heavy (non-hydrogen) atoms. The lowest BCUT2D eigenvalue weighted by Gasteiger charge is -2.30. The molecule has 0 atom stereocenters. The average Bonchev–Trinajstić information content (AvgIpc) is 2.49. The van der Waals surface area contributed by atoms with E-state index in [-0.39, 0.29) is 0 Å². The van der Waals surface area contributed by atoms with Crippen molar-refractivity contribution >= 4 is 0 Å². The highest BCUT2D eigenvalue weighted by Crippen LogP contribution is 2.26. The van der Waals surface area contributed by atoms with Crippen LogP contribution in [0.15, 0.2) is 24.3 Å². The van der Waals surface area contributed by atoms with Crippen LogP contribution in [0.25, 0.3) is 0 Å². The molecule has 1 aromatic carbocycles. The van der Waals surface area contributed by atoms with Crippen molar-refractivity contribution in [3.63, 3.8) is 0 Å². The molecule has 0 aliphatic carbocycles. The highest BCUT2D eigenvalue weighted by Gasteiger charge is 2.14. The van der Waals surface area contributed by atoms with Gasteiger partial charge >= 0.3 is 0 Å². The zero-order valence-electron chi connectivity index (χ0n) is 14.0. The Labute approximate surface area is 130 Å². The maximum absolute atomic E-state index is 5.99. The summed E-state index contributed by atoms with van der Waals surface area (Å²) in [4.78, 5) is 2.61. The van der Waals surface area contributed by atoms with Crippen LogP contribution >= 0.6 is 0 Å². The Morgan fingerprint density at radius 1 is 1.14 bits per heavy atom. The largest absolute Gasteiger partial charge is 0.493 e. The predicted octanol–water partition coefficient (Wildman–Crippen LogP) is 4.70. The number of rotatable bonds is 7. The molecule has 1 aromatic rings. The minimum Gasteiger partial charge on any atom is -0.493 e. The Balaban J connectivity index is 1.64. The smallest absolute Gasteiger partial charge is 0.122 e. The van der Waals surface area contributed by atoms with Crippen LogP contribution in [0, 0.1) is 5.92 Å². The molecule has 0 bridgehead atoms. The van der Waals surface area contributed by atoms with Crippen molar-refractivity contribution in [1.29, 1.82) is 0 Å². The van der Waals surface area contributed by atoms with E-state index < -0.39 is 0 Å². The van der Waals surface area contributed by atoms with Gasteiger partial charge in [0.2, 0.25) is 0 Å². The van der Waals surface area contributed by atoms with Gasteiger partial charge in [0.1, 0.15) is 5.75 Å². The first-order chi connectivity index (χ1) is 10.2. The van der Waals surface area contributed by atoms with Crippen LogP contribution in [0.2, 0.25) is 0 Å². The molecule has 0 radical (unpaired) electrons. The first kappa shape index (κ1) is 16.4. The normalized spacial score (nSPS) is 17.3. The van der Waals surface area contributed by atoms with Crippen molar-refractivity contribution in [2.75, 3.05) is 26.2 Å². The summed E-state index contributed by atoms with van der Waals surface area (Å²) in [6, 6.07) is 8.44. The number of likely N-dealkylation sites (tertiary alicyclic amines) is 1. The summed E-state index contributed by atoms with van der Waals surface area (Å²) in [5, 5.41) is 0. The summed E-state index contributed by atoms with van der Waals surface area (Å²) < 4.78 is 5.99. The molecule has 1 aliphatic heterocycles. The molecule has 0 unspecified atom stereocenters. The maximum Gasteiger partial charge on any atom is 0.122 e. The first-order valence-corrected chi connectivity index (χ1v) is 8.61. The van der Waals surface area contributed by atoms with Gasteiger partial charge in [0.15, 0.2) is 0 Å². The highest BCUT2D eigenvalue weighted by atomic mass is 16.5. The SMILES string of the molecule is CC1CCN(CCCCOc2ccccc2C(C)C)CC1. The lowest BCUT2D eigenvalue weighted by atomic mass is 9.99. The van der Waals surface area contributed by atoms with Crippen LogP contribution in [-0.2, 0) is 0 Å². The van der Waals surface area contributed by atoms with Crippen LogP contribution < -0.4 is 4.74 Å². The van der Waals surface area contributed by atoms with Gasteiger partial charge in [-0.1, -0.05) is 39.0 Å². The van der Waals surface area contributed by atoms with Crippen LogP contribution in [0.5, 0.6) is 5.75 Å². The molecule has 1 saturated heterocycles. The minimum atomic E-state index is 0.525. The van der Waals surface area contributed by atoms with Gasteiger partial charge in [0.05, 0.1) is 6.61 Å². The summed E-state index contributed by atoms with van der Waals surface area (Å²) in [5.41, 5.74) is 1.32. The molecule has 2 nitrogen and oxygen atoms in total. The second-order valence-electron chi connectivity index (χ2n) is 6.77. The van der Waals surface area contributed by atoms with Crippen molar-refractivity contribution in [1.82, 2.24) is 4.90 Å². The number of unbranched alkanes of at least 4 members (excludes halogenated alkanes) is 1. The van der Waals surface area contributed by atoms with E-state index in [0.29, 0.717) is 5.92 Å². The summed E-state index contributed by atoms with van der Waals surface area (Å²) in [6.07, 6.45) is 5.15. The monoisotopic (exact) mass is 289 g/mol. The predicted molar refractivity (Wildman–Crippen MR) is 90.1 cm³/mol. The van der Waals surface area contributed by atoms with Gasteiger partial charge in [-0.25, -0.2) is 0 Å². The molecule has 0 spiro atoms. The van der Waals surface area contributed by atoms with Gasteiger partial charge in [-0.2, -0.15) is 0 Å². The average molecular weight is 289 g/mol. The van der Waals surface area contributed by atoms with Crippen molar-refractivity contribution in [2.45, 2.75) is 52.4 Å². The fraction of sp³-hybridized carbons (Fsp3) is 0.684. The van der Waals surface area contributed by atoms with Crippen LogP contribution in [0.4, 0.5) is 0 Å². The number of piperidine rings is 1. The van der Waals surface area contributed by atoms with Crippen LogP contribution in [0.1, 0.15) is 57.9 Å². The van der Waals surface area contributed by atoms with Gasteiger partial charge in [0, 0.05) is 0 Å². The molecule has 0 N–H and O–H groups in total. The Kier molecular flexibility index (Phi) is 6.56. The van der Waals surface area contributed by atoms with Gasteiger partial charge < -0.3 is 9.64 Å². The maximum atomic E-state index is 5.99. The number of benzene rings is 1. The fourth-order valence-electron chi connectivity index (χ4n) is 2.99. The fourth-order valence-corrected chi connectivity index (χ4v) is 2.99. The van der Waals surface area contributed by atoms with E-state index in [1.165, 1.54) is 44.5 Å². The lowest BCUT2D eigenvalue weighted by molar-refractivity contribution is 0.184. The van der Waals surface area contributed by atoms with Gasteiger partial charge in [0.25, 0.3) is 0 Å². The standard InChI is InChI=1S/C19H31NO/c1-16(2)18-8-4-5-9-19(18)21-15-7-6-12-20-13-10-17(3)11-14-20/h4-5,8-9,16-17H,6-7,10-15H2,1-3H3. The Hall–Kier alpha value is -1.02. The minimum absolute atomic E-state index is 0.525. The van der Waals surface area contributed by atoms with Crippen LogP contribution in [-0.4, -0.2) is 31.1 Å². The molecule has 2 rings (SSSR count). The Morgan fingerprint density at radius 2 is 1.86 bits per heavy atom. The quantitative estimate of drug-likeness (QED) is 0.675. The molecule has 0 saturated carbocycles. The van der Waals surface area contributed by atoms with E-state index in [9.17, 15) is 0 Å². The second-order valence-corrected chi connectivity index (χ2v) is 6.77. The lowest BCUT2D eigenvalue weighted by Crippen LogP contribution is -2.33. The summed E-state index contributed by atoms with van der Waals surface area (Å²) in [6.45, 7) is 11.5. The molecule has 2 heteroatoms. The molecule has 0 aromatic heterocycles. The van der Waals surface area contributed by atoms with Crippen molar-refractivity contribution in [3.8, 4) is 5.75 Å². The zero-order chi connectivity index (χ0) is 15.1. The van der Waals surface area contributed by atoms with Gasteiger partial charge in [-0.15, -0.1) is 0 Å². The first-order valence-electron chi connectivity index (χ1n) is 8.61. The molecular weight excluding hydrogens is 258 g/mol. The third-order valence-electron chi connectivity index (χ3n) is 4.54. The van der Waals surface area contributed by atoms with E-state index in [1.54, 1.807) is 0 Å². The highest BCUT2D eigenvalue weighted by molar-refractivity contribution is 5.35. The third-order valence-corrected chi connectivity index (χ3v) is 4.54. The summed E-state index contributed by atoms with van der Waals surface area (Å²) >= 11 is 0. The van der Waals surface area contributed by atoms with Gasteiger partial charge in [-0.05, 0) is 68.8 Å². The van der Waals surface area contributed by atoms with Gasteiger partial charge in [-0.3, -0.25) is 0 Å². The molecule has 118 valence electrons. The topological polar surface area (TPSA) is 12.5 Å². The molecule has 1 aliphatic rings. The van der Waals surface area contributed by atoms with E-state index in [2.05, 4.69) is 49.9 Å². The van der Waals surface area contributed by atoms with E-state index in [4.69, 9.17) is 4.74 Å². The number of hydrogen-bond acceptors (Lipinski definition) is 2. The molecular formula is C19H31NO. The Morgan fingerprint density at radius 3 is 2.57 bits per heavy atom. The number of hydrogen-bond donors (Lipinski definition) is 0. The molecule has 1 heterocycles. The molecule has 0 amide bonds. The van der Waals surface area contributed by atoms with Crippen molar-refractivity contribution in [3.05, 3.63) is 29.8 Å². The Bertz CT molecular complexity index is 408. The van der Waals surface area contributed by atoms with Crippen molar-refractivity contribution < 1.29 is 4.74 Å². The summed E-state index contributed by atoms with van der Waals surface area (Å²) in [5.74, 6) is 2.52. The van der Waals surface area contributed by atoms with E-state index >= 15 is 0 Å². The van der Waals surface area contributed by atoms with Crippen LogP contribution in [0.3, 0.4) is 0 Å². The third kappa shape index (κ3) is 5.35. The van der Waals surface area contributed by atoms with E-state index in [1.807, 2.05) is 0 Å². The van der Waals surface area contributed by atoms with E-state index in [0.717, 1.165) is 24.7 Å². The van der Waals surface area contributed by atoms with Crippen molar-refractivity contribution in [2.24, 2.45) is 5.92 Å². The number of nitrogens with zero attached hydrogens (tertiary/aromatic N) is 1. The summed E-state index contributed by atoms with van der Waals surface area (Å²) in [7, 11) is 0.